The van der Waals surface area contributed by atoms with Gasteiger partial charge in [-0.2, -0.15) is 0 Å². The minimum Gasteiger partial charge on any atom is -0.444 e. The summed E-state index contributed by atoms with van der Waals surface area (Å²) in [6.07, 6.45) is 5.82. The number of ketones is 1. The number of Topliss-reactive ketones (excluding diaryl/α,β-unsaturated/α-hetero) is 1. The molecule has 0 aromatic heterocycles. The zero-order valence-corrected chi connectivity index (χ0v) is 11.1. The van der Waals surface area contributed by atoms with E-state index in [0.29, 0.717) is 19.4 Å². The third-order valence-electron chi connectivity index (χ3n) is 1.89. The molecule has 0 aliphatic rings. The van der Waals surface area contributed by atoms with Gasteiger partial charge in [0.25, 0.3) is 0 Å². The molecule has 0 atom stereocenters. The minimum atomic E-state index is -0.537. The van der Waals surface area contributed by atoms with Gasteiger partial charge in [-0.3, -0.25) is 4.90 Å². The van der Waals surface area contributed by atoms with E-state index in [2.05, 4.69) is 5.92 Å². The SMILES string of the molecule is C#CCN(CCCC(C)=O)C(=O)OC(C)(C)C. The second-order valence-electron chi connectivity index (χ2n) is 4.91. The van der Waals surface area contributed by atoms with Crippen molar-refractivity contribution in [1.82, 2.24) is 4.90 Å². The summed E-state index contributed by atoms with van der Waals surface area (Å²) in [5, 5.41) is 0. The van der Waals surface area contributed by atoms with Crippen LogP contribution in [0.4, 0.5) is 4.79 Å². The van der Waals surface area contributed by atoms with Crippen LogP contribution in [0.3, 0.4) is 0 Å². The number of rotatable bonds is 5. The number of amides is 1. The van der Waals surface area contributed by atoms with E-state index < -0.39 is 11.7 Å². The van der Waals surface area contributed by atoms with Crippen LogP contribution in [-0.2, 0) is 9.53 Å². The first-order valence-corrected chi connectivity index (χ1v) is 5.67. The number of terminal acetylenes is 1. The molecule has 17 heavy (non-hydrogen) atoms. The van der Waals surface area contributed by atoms with Crippen molar-refractivity contribution in [3.63, 3.8) is 0 Å². The lowest BCUT2D eigenvalue weighted by atomic mass is 10.2. The molecule has 0 aromatic carbocycles. The Morgan fingerprint density at radius 2 is 1.94 bits per heavy atom. The molecule has 1 amide bonds. The van der Waals surface area contributed by atoms with Gasteiger partial charge in [-0.25, -0.2) is 4.79 Å². The van der Waals surface area contributed by atoms with Crippen LogP contribution in [0.25, 0.3) is 0 Å². The highest BCUT2D eigenvalue weighted by Crippen LogP contribution is 2.10. The Bertz CT molecular complexity index is 310. The fourth-order valence-corrected chi connectivity index (χ4v) is 1.19. The summed E-state index contributed by atoms with van der Waals surface area (Å²) in [7, 11) is 0. The predicted molar refractivity (Wildman–Crippen MR) is 66.6 cm³/mol. The molecule has 0 spiro atoms. The lowest BCUT2D eigenvalue weighted by molar-refractivity contribution is -0.117. The molecule has 0 radical (unpaired) electrons. The van der Waals surface area contributed by atoms with Gasteiger partial charge in [-0.05, 0) is 34.1 Å². The van der Waals surface area contributed by atoms with E-state index >= 15 is 0 Å². The van der Waals surface area contributed by atoms with Crippen LogP contribution in [0.15, 0.2) is 0 Å². The van der Waals surface area contributed by atoms with Crippen molar-refractivity contribution in [3.8, 4) is 12.3 Å². The molecule has 0 aliphatic heterocycles. The summed E-state index contributed by atoms with van der Waals surface area (Å²) in [4.78, 5) is 24.0. The van der Waals surface area contributed by atoms with E-state index in [-0.39, 0.29) is 12.3 Å². The number of carbonyl (C=O) groups is 2. The maximum atomic E-state index is 11.7. The Morgan fingerprint density at radius 3 is 2.35 bits per heavy atom. The van der Waals surface area contributed by atoms with Crippen molar-refractivity contribution in [3.05, 3.63) is 0 Å². The van der Waals surface area contributed by atoms with Gasteiger partial charge in [0.1, 0.15) is 11.4 Å². The highest BCUT2D eigenvalue weighted by atomic mass is 16.6. The highest BCUT2D eigenvalue weighted by Gasteiger charge is 2.21. The first-order valence-electron chi connectivity index (χ1n) is 5.67. The zero-order chi connectivity index (χ0) is 13.5. The first kappa shape index (κ1) is 15.5. The zero-order valence-electron chi connectivity index (χ0n) is 11.1. The number of hydrogen-bond acceptors (Lipinski definition) is 3. The number of carbonyl (C=O) groups excluding carboxylic acids is 2. The lowest BCUT2D eigenvalue weighted by Crippen LogP contribution is -2.37. The van der Waals surface area contributed by atoms with E-state index in [1.807, 2.05) is 0 Å². The summed E-state index contributed by atoms with van der Waals surface area (Å²) in [6, 6.07) is 0. The molecular formula is C13H21NO3. The van der Waals surface area contributed by atoms with Crippen LogP contribution in [0.2, 0.25) is 0 Å². The highest BCUT2D eigenvalue weighted by molar-refractivity contribution is 5.75. The average molecular weight is 239 g/mol. The molecule has 0 N–H and O–H groups in total. The normalized spacial score (nSPS) is 10.5. The Morgan fingerprint density at radius 1 is 1.35 bits per heavy atom. The second-order valence-corrected chi connectivity index (χ2v) is 4.91. The van der Waals surface area contributed by atoms with Gasteiger partial charge < -0.3 is 9.53 Å². The first-order chi connectivity index (χ1) is 7.76. The molecule has 0 heterocycles. The molecule has 0 aliphatic carbocycles. The van der Waals surface area contributed by atoms with Crippen LogP contribution in [0, 0.1) is 12.3 Å². The number of nitrogens with zero attached hydrogens (tertiary/aromatic N) is 1. The molecule has 4 heteroatoms. The third kappa shape index (κ3) is 8.32. The maximum Gasteiger partial charge on any atom is 0.411 e. The van der Waals surface area contributed by atoms with Crippen LogP contribution >= 0.6 is 0 Å². The van der Waals surface area contributed by atoms with E-state index in [0.717, 1.165) is 0 Å². The van der Waals surface area contributed by atoms with Crippen molar-refractivity contribution in [1.29, 1.82) is 0 Å². The smallest absolute Gasteiger partial charge is 0.411 e. The molecule has 0 fully saturated rings. The standard InChI is InChI=1S/C13H21NO3/c1-6-9-14(10-7-8-11(2)15)12(16)17-13(3,4)5/h1H,7-10H2,2-5H3. The fraction of sp³-hybridized carbons (Fsp3) is 0.692. The van der Waals surface area contributed by atoms with Gasteiger partial charge in [0, 0.05) is 13.0 Å². The Labute approximate surface area is 103 Å². The van der Waals surface area contributed by atoms with Gasteiger partial charge in [-0.15, -0.1) is 6.42 Å². The van der Waals surface area contributed by atoms with Crippen molar-refractivity contribution < 1.29 is 14.3 Å². The van der Waals surface area contributed by atoms with Crippen LogP contribution in [0.5, 0.6) is 0 Å². The van der Waals surface area contributed by atoms with Gasteiger partial charge in [-0.1, -0.05) is 5.92 Å². The summed E-state index contributed by atoms with van der Waals surface area (Å²) in [5.74, 6) is 2.52. The number of hydrogen-bond donors (Lipinski definition) is 0. The van der Waals surface area contributed by atoms with Crippen molar-refractivity contribution >= 4 is 11.9 Å². The van der Waals surface area contributed by atoms with E-state index in [4.69, 9.17) is 11.2 Å². The van der Waals surface area contributed by atoms with Gasteiger partial charge >= 0.3 is 6.09 Å². The van der Waals surface area contributed by atoms with Crippen LogP contribution in [0.1, 0.15) is 40.5 Å². The number of ether oxygens (including phenoxy) is 1. The third-order valence-corrected chi connectivity index (χ3v) is 1.89. The molecule has 0 aromatic rings. The quantitative estimate of drug-likeness (QED) is 0.691. The molecule has 0 saturated heterocycles. The van der Waals surface area contributed by atoms with Crippen molar-refractivity contribution in [2.24, 2.45) is 0 Å². The maximum absolute atomic E-state index is 11.7. The summed E-state index contributed by atoms with van der Waals surface area (Å²) < 4.78 is 5.22. The Hall–Kier alpha value is -1.50. The molecule has 0 unspecified atom stereocenters. The van der Waals surface area contributed by atoms with Gasteiger partial charge in [0.05, 0.1) is 6.54 Å². The van der Waals surface area contributed by atoms with Crippen LogP contribution < -0.4 is 0 Å². The molecule has 96 valence electrons. The predicted octanol–water partition coefficient (Wildman–Crippen LogP) is 2.23. The average Bonchev–Trinajstić information content (AvgIpc) is 2.13. The van der Waals surface area contributed by atoms with Gasteiger partial charge in [0.15, 0.2) is 0 Å². The fourth-order valence-electron chi connectivity index (χ4n) is 1.19. The summed E-state index contributed by atoms with van der Waals surface area (Å²) in [6.45, 7) is 7.57. The van der Waals surface area contributed by atoms with E-state index in [1.54, 1.807) is 20.8 Å². The topological polar surface area (TPSA) is 46.6 Å². The molecule has 0 saturated carbocycles. The molecule has 4 nitrogen and oxygen atoms in total. The summed E-state index contributed by atoms with van der Waals surface area (Å²) >= 11 is 0. The monoisotopic (exact) mass is 239 g/mol. The Balaban J connectivity index is 4.27. The molecule has 0 rings (SSSR count). The van der Waals surface area contributed by atoms with Gasteiger partial charge in [0.2, 0.25) is 0 Å². The largest absolute Gasteiger partial charge is 0.444 e. The molecule has 0 bridgehead atoms. The second kappa shape index (κ2) is 6.95. The van der Waals surface area contributed by atoms with Crippen molar-refractivity contribution in [2.75, 3.05) is 13.1 Å². The summed E-state index contributed by atoms with van der Waals surface area (Å²) in [5.41, 5.74) is -0.537. The lowest BCUT2D eigenvalue weighted by Gasteiger charge is -2.26. The van der Waals surface area contributed by atoms with Crippen molar-refractivity contribution in [2.45, 2.75) is 46.1 Å². The Kier molecular flexibility index (Phi) is 6.34. The minimum absolute atomic E-state index is 0.106. The van der Waals surface area contributed by atoms with E-state index in [9.17, 15) is 9.59 Å². The van der Waals surface area contributed by atoms with Crippen LogP contribution in [-0.4, -0.2) is 35.5 Å². The van der Waals surface area contributed by atoms with E-state index in [1.165, 1.54) is 11.8 Å². The molecular weight excluding hydrogens is 218 g/mol.